The summed E-state index contributed by atoms with van der Waals surface area (Å²) in [4.78, 5) is 12.0. The Morgan fingerprint density at radius 3 is 2.67 bits per heavy atom. The van der Waals surface area contributed by atoms with E-state index in [1.807, 2.05) is 0 Å². The summed E-state index contributed by atoms with van der Waals surface area (Å²) in [5.41, 5.74) is 6.14. The molecule has 98 valence electrons. The third-order valence-corrected chi connectivity index (χ3v) is 3.29. The number of hydrogen-bond donors (Lipinski definition) is 1. The minimum Gasteiger partial charge on any atom is -0.459 e. The number of carbonyl (C=O) groups is 1. The van der Waals surface area contributed by atoms with Gasteiger partial charge in [-0.2, -0.15) is 0 Å². The number of ether oxygens (including phenoxy) is 2. The molecule has 0 spiro atoms. The molecule has 1 aliphatic heterocycles. The van der Waals surface area contributed by atoms with Crippen LogP contribution in [0, 0.1) is 0 Å². The van der Waals surface area contributed by atoms with E-state index in [9.17, 15) is 4.79 Å². The second-order valence-corrected chi connectivity index (χ2v) is 4.91. The van der Waals surface area contributed by atoms with Crippen molar-refractivity contribution in [2.24, 2.45) is 0 Å². The molecule has 1 aliphatic rings. The first-order valence-electron chi connectivity index (χ1n) is 5.61. The number of nitrogen functional groups attached to an aromatic ring is 1. The highest BCUT2D eigenvalue weighted by atomic mass is 35.5. The van der Waals surface area contributed by atoms with Crippen molar-refractivity contribution in [3.05, 3.63) is 27.7 Å². The van der Waals surface area contributed by atoms with Crippen molar-refractivity contribution >= 4 is 34.9 Å². The van der Waals surface area contributed by atoms with Crippen LogP contribution in [0.25, 0.3) is 0 Å². The lowest BCUT2D eigenvalue weighted by Crippen LogP contribution is -2.26. The zero-order valence-electron chi connectivity index (χ0n) is 9.62. The van der Waals surface area contributed by atoms with Crippen LogP contribution < -0.4 is 5.73 Å². The topological polar surface area (TPSA) is 61.6 Å². The van der Waals surface area contributed by atoms with Gasteiger partial charge < -0.3 is 15.2 Å². The van der Waals surface area contributed by atoms with E-state index < -0.39 is 5.97 Å². The van der Waals surface area contributed by atoms with Gasteiger partial charge in [-0.25, -0.2) is 4.79 Å². The standard InChI is InChI=1S/C12H13Cl2NO3/c13-7-5-9(11(15)10(14)6-7)12(16)18-8-1-3-17-4-2-8/h5-6,8H,1-4,15H2. The van der Waals surface area contributed by atoms with E-state index in [0.717, 1.165) is 0 Å². The van der Waals surface area contributed by atoms with Crippen LogP contribution in [0.5, 0.6) is 0 Å². The number of halogens is 2. The Balaban J connectivity index is 2.13. The number of nitrogens with two attached hydrogens (primary N) is 1. The molecule has 1 fully saturated rings. The number of benzene rings is 1. The fraction of sp³-hybridized carbons (Fsp3) is 0.417. The average Bonchev–Trinajstić information content (AvgIpc) is 2.35. The molecule has 4 nitrogen and oxygen atoms in total. The summed E-state index contributed by atoms with van der Waals surface area (Å²) in [6, 6.07) is 2.95. The number of hydrogen-bond acceptors (Lipinski definition) is 4. The van der Waals surface area contributed by atoms with Crippen LogP contribution in [0.4, 0.5) is 5.69 Å². The zero-order valence-corrected chi connectivity index (χ0v) is 11.1. The van der Waals surface area contributed by atoms with Gasteiger partial charge >= 0.3 is 5.97 Å². The number of carbonyl (C=O) groups excluding carboxylic acids is 1. The van der Waals surface area contributed by atoms with Gasteiger partial charge in [0, 0.05) is 17.9 Å². The van der Waals surface area contributed by atoms with E-state index in [-0.39, 0.29) is 22.4 Å². The smallest absolute Gasteiger partial charge is 0.340 e. The van der Waals surface area contributed by atoms with Gasteiger partial charge in [-0.15, -0.1) is 0 Å². The SMILES string of the molecule is Nc1c(Cl)cc(Cl)cc1C(=O)OC1CCOCC1. The van der Waals surface area contributed by atoms with Crippen molar-refractivity contribution in [2.45, 2.75) is 18.9 Å². The van der Waals surface area contributed by atoms with Crippen LogP contribution in [-0.2, 0) is 9.47 Å². The van der Waals surface area contributed by atoms with Crippen molar-refractivity contribution < 1.29 is 14.3 Å². The monoisotopic (exact) mass is 289 g/mol. The van der Waals surface area contributed by atoms with Gasteiger partial charge in [0.1, 0.15) is 6.10 Å². The van der Waals surface area contributed by atoms with E-state index in [1.54, 1.807) is 0 Å². The maximum absolute atomic E-state index is 12.0. The second-order valence-electron chi connectivity index (χ2n) is 4.07. The predicted octanol–water partition coefficient (Wildman–Crippen LogP) is 2.91. The lowest BCUT2D eigenvalue weighted by atomic mass is 10.1. The lowest BCUT2D eigenvalue weighted by molar-refractivity contribution is -0.0158. The van der Waals surface area contributed by atoms with Crippen molar-refractivity contribution in [1.29, 1.82) is 0 Å². The van der Waals surface area contributed by atoms with E-state index in [2.05, 4.69) is 0 Å². The molecule has 6 heteroatoms. The summed E-state index contributed by atoms with van der Waals surface area (Å²) in [6.45, 7) is 1.20. The molecule has 0 bridgehead atoms. The Morgan fingerprint density at radius 1 is 1.33 bits per heavy atom. The molecule has 1 saturated heterocycles. The molecule has 1 aromatic carbocycles. The normalized spacial score (nSPS) is 16.6. The molecule has 0 aromatic heterocycles. The Morgan fingerprint density at radius 2 is 2.00 bits per heavy atom. The molecule has 1 heterocycles. The number of esters is 1. The molecule has 0 radical (unpaired) electrons. The van der Waals surface area contributed by atoms with E-state index >= 15 is 0 Å². The maximum Gasteiger partial charge on any atom is 0.340 e. The van der Waals surface area contributed by atoms with Gasteiger partial charge in [0.25, 0.3) is 0 Å². The average molecular weight is 290 g/mol. The number of anilines is 1. The Labute approximate surface area is 115 Å². The van der Waals surface area contributed by atoms with Crippen LogP contribution in [-0.4, -0.2) is 25.3 Å². The Kier molecular flexibility index (Phi) is 4.32. The quantitative estimate of drug-likeness (QED) is 0.672. The van der Waals surface area contributed by atoms with Crippen molar-refractivity contribution in [2.75, 3.05) is 18.9 Å². The number of rotatable bonds is 2. The molecule has 0 unspecified atom stereocenters. The zero-order chi connectivity index (χ0) is 13.1. The minimum atomic E-state index is -0.496. The molecule has 2 N–H and O–H groups in total. The van der Waals surface area contributed by atoms with Crippen molar-refractivity contribution in [3.8, 4) is 0 Å². The van der Waals surface area contributed by atoms with Gasteiger partial charge in [-0.1, -0.05) is 23.2 Å². The fourth-order valence-electron chi connectivity index (χ4n) is 1.76. The summed E-state index contributed by atoms with van der Waals surface area (Å²) in [7, 11) is 0. The predicted molar refractivity (Wildman–Crippen MR) is 70.1 cm³/mol. The van der Waals surface area contributed by atoms with E-state index in [1.165, 1.54) is 12.1 Å². The molecule has 1 aromatic rings. The largest absolute Gasteiger partial charge is 0.459 e. The summed E-state index contributed by atoms with van der Waals surface area (Å²) >= 11 is 11.7. The van der Waals surface area contributed by atoms with Gasteiger partial charge in [0.15, 0.2) is 0 Å². The van der Waals surface area contributed by atoms with Gasteiger partial charge in [0.2, 0.25) is 0 Å². The van der Waals surface area contributed by atoms with Crippen molar-refractivity contribution in [1.82, 2.24) is 0 Å². The third-order valence-electron chi connectivity index (χ3n) is 2.76. The van der Waals surface area contributed by atoms with Crippen LogP contribution in [0.15, 0.2) is 12.1 Å². The van der Waals surface area contributed by atoms with E-state index in [4.69, 9.17) is 38.4 Å². The van der Waals surface area contributed by atoms with Crippen LogP contribution in [0.2, 0.25) is 10.0 Å². The first kappa shape index (κ1) is 13.5. The van der Waals surface area contributed by atoms with Crippen molar-refractivity contribution in [3.63, 3.8) is 0 Å². The van der Waals surface area contributed by atoms with Crippen LogP contribution in [0.3, 0.4) is 0 Å². The molecule has 0 saturated carbocycles. The first-order chi connectivity index (χ1) is 8.58. The van der Waals surface area contributed by atoms with Gasteiger partial charge in [0.05, 0.1) is 29.5 Å². The third kappa shape index (κ3) is 3.07. The summed E-state index contributed by atoms with van der Waals surface area (Å²) in [5, 5.41) is 0.606. The van der Waals surface area contributed by atoms with Gasteiger partial charge in [-0.05, 0) is 12.1 Å². The Hall–Kier alpha value is -0.970. The summed E-state index contributed by atoms with van der Waals surface area (Å²) < 4.78 is 10.5. The minimum absolute atomic E-state index is 0.136. The molecule has 18 heavy (non-hydrogen) atoms. The molecular weight excluding hydrogens is 277 g/mol. The highest BCUT2D eigenvalue weighted by Crippen LogP contribution is 2.28. The maximum atomic E-state index is 12.0. The molecule has 0 amide bonds. The highest BCUT2D eigenvalue weighted by molar-refractivity contribution is 6.37. The summed E-state index contributed by atoms with van der Waals surface area (Å²) in [6.07, 6.45) is 1.25. The fourth-order valence-corrected chi connectivity index (χ4v) is 2.26. The Bertz CT molecular complexity index is 459. The van der Waals surface area contributed by atoms with Crippen LogP contribution in [0.1, 0.15) is 23.2 Å². The highest BCUT2D eigenvalue weighted by Gasteiger charge is 2.21. The molecule has 2 rings (SSSR count). The molecular formula is C12H13Cl2NO3. The summed E-state index contributed by atoms with van der Waals surface area (Å²) in [5.74, 6) is -0.496. The molecule has 0 aliphatic carbocycles. The molecule has 0 atom stereocenters. The lowest BCUT2D eigenvalue weighted by Gasteiger charge is -2.22. The second kappa shape index (κ2) is 5.78. The first-order valence-corrected chi connectivity index (χ1v) is 6.37. The van der Waals surface area contributed by atoms with E-state index in [0.29, 0.717) is 31.1 Å². The van der Waals surface area contributed by atoms with Gasteiger partial charge in [-0.3, -0.25) is 0 Å². The van der Waals surface area contributed by atoms with Crippen LogP contribution >= 0.6 is 23.2 Å².